The average molecular weight is 377 g/mol. The van der Waals surface area contributed by atoms with E-state index >= 15 is 0 Å². The number of methoxy groups -OCH3 is 2. The number of carbonyl (C=O) groups is 1. The maximum atomic E-state index is 12.7. The number of halogens is 1. The van der Waals surface area contributed by atoms with Crippen molar-refractivity contribution in [1.29, 1.82) is 0 Å². The molecule has 2 N–H and O–H groups in total. The molecule has 2 aromatic carbocycles. The number of amides is 1. The van der Waals surface area contributed by atoms with Crippen LogP contribution in [0.4, 0.5) is 0 Å². The molecule has 2 atom stereocenters. The summed E-state index contributed by atoms with van der Waals surface area (Å²) in [6.45, 7) is 2.66. The molecule has 1 aliphatic heterocycles. The summed E-state index contributed by atoms with van der Waals surface area (Å²) in [4.78, 5) is 12.7. The van der Waals surface area contributed by atoms with Crippen LogP contribution in [0.3, 0.4) is 0 Å². The van der Waals surface area contributed by atoms with Crippen LogP contribution in [0.25, 0.3) is 0 Å². The normalized spacial score (nSPS) is 16.7. The Labute approximate surface area is 160 Å². The summed E-state index contributed by atoms with van der Waals surface area (Å²) < 4.78 is 10.7. The van der Waals surface area contributed by atoms with Gasteiger partial charge in [0.2, 0.25) is 5.91 Å². The molecule has 0 saturated heterocycles. The predicted molar refractivity (Wildman–Crippen MR) is 104 cm³/mol. The molecule has 6 heteroatoms. The van der Waals surface area contributed by atoms with Gasteiger partial charge >= 0.3 is 0 Å². The lowest BCUT2D eigenvalue weighted by Crippen LogP contribution is -2.48. The average Bonchev–Trinajstić information content (AvgIpc) is 2.66. The Morgan fingerprint density at radius 3 is 2.58 bits per heavy atom. The fraction of sp³-hybridized carbons (Fsp3) is 0.350. The minimum absolute atomic E-state index is 0. The van der Waals surface area contributed by atoms with Crippen LogP contribution in [0.5, 0.6) is 11.5 Å². The van der Waals surface area contributed by atoms with Crippen LogP contribution in [0.1, 0.15) is 29.7 Å². The lowest BCUT2D eigenvalue weighted by Gasteiger charge is -2.27. The lowest BCUT2D eigenvalue weighted by molar-refractivity contribution is -0.124. The van der Waals surface area contributed by atoms with Gasteiger partial charge in [0.05, 0.1) is 26.3 Å². The first-order valence-corrected chi connectivity index (χ1v) is 8.45. The van der Waals surface area contributed by atoms with Crippen molar-refractivity contribution in [2.75, 3.05) is 14.2 Å². The number of fused-ring (bicyclic) bond motifs is 1. The second kappa shape index (κ2) is 8.92. The Bertz CT molecular complexity index is 766. The number of benzene rings is 2. The Morgan fingerprint density at radius 2 is 1.88 bits per heavy atom. The molecule has 0 saturated carbocycles. The molecule has 26 heavy (non-hydrogen) atoms. The zero-order valence-electron chi connectivity index (χ0n) is 15.2. The third-order valence-electron chi connectivity index (χ3n) is 4.66. The smallest absolute Gasteiger partial charge is 0.237 e. The van der Waals surface area contributed by atoms with Crippen molar-refractivity contribution in [3.05, 3.63) is 59.2 Å². The third-order valence-corrected chi connectivity index (χ3v) is 4.66. The van der Waals surface area contributed by atoms with Gasteiger partial charge in [0.25, 0.3) is 0 Å². The Balaban J connectivity index is 0.00000243. The Morgan fingerprint density at radius 1 is 1.15 bits per heavy atom. The van der Waals surface area contributed by atoms with Gasteiger partial charge in [-0.25, -0.2) is 0 Å². The van der Waals surface area contributed by atoms with Gasteiger partial charge in [0.1, 0.15) is 11.5 Å². The summed E-state index contributed by atoms with van der Waals surface area (Å²) in [6.07, 6.45) is 0.698. The fourth-order valence-corrected chi connectivity index (χ4v) is 3.21. The van der Waals surface area contributed by atoms with Crippen molar-refractivity contribution in [3.8, 4) is 11.5 Å². The van der Waals surface area contributed by atoms with E-state index in [1.54, 1.807) is 14.2 Å². The summed E-state index contributed by atoms with van der Waals surface area (Å²) >= 11 is 0. The highest BCUT2D eigenvalue weighted by atomic mass is 35.5. The van der Waals surface area contributed by atoms with Gasteiger partial charge in [-0.15, -0.1) is 12.4 Å². The molecule has 2 aromatic rings. The SMILES string of the molecule is COc1ccc(OC)c(C(C)NC(=O)C2Cc3ccccc3CN2)c1.Cl. The van der Waals surface area contributed by atoms with Gasteiger partial charge in [0, 0.05) is 12.1 Å². The van der Waals surface area contributed by atoms with E-state index in [0.717, 1.165) is 17.1 Å². The third kappa shape index (κ3) is 4.29. The van der Waals surface area contributed by atoms with Gasteiger partial charge in [-0.1, -0.05) is 24.3 Å². The van der Waals surface area contributed by atoms with Crippen LogP contribution < -0.4 is 20.1 Å². The molecule has 0 radical (unpaired) electrons. The van der Waals surface area contributed by atoms with Crippen LogP contribution in [0, 0.1) is 0 Å². The van der Waals surface area contributed by atoms with E-state index in [1.165, 1.54) is 11.1 Å². The van der Waals surface area contributed by atoms with E-state index in [-0.39, 0.29) is 30.4 Å². The van der Waals surface area contributed by atoms with E-state index in [2.05, 4.69) is 22.8 Å². The Kier molecular flexibility index (Phi) is 6.89. The van der Waals surface area contributed by atoms with Gasteiger partial charge in [-0.05, 0) is 42.7 Å². The van der Waals surface area contributed by atoms with E-state index in [0.29, 0.717) is 13.0 Å². The number of rotatable bonds is 5. The molecule has 0 aromatic heterocycles. The summed E-state index contributed by atoms with van der Waals surface area (Å²) in [5, 5.41) is 6.40. The van der Waals surface area contributed by atoms with Crippen molar-refractivity contribution in [3.63, 3.8) is 0 Å². The van der Waals surface area contributed by atoms with Crippen LogP contribution in [0.15, 0.2) is 42.5 Å². The molecule has 3 rings (SSSR count). The van der Waals surface area contributed by atoms with E-state index < -0.39 is 0 Å². The largest absolute Gasteiger partial charge is 0.497 e. The summed E-state index contributed by atoms with van der Waals surface area (Å²) in [6, 6.07) is 13.4. The van der Waals surface area contributed by atoms with Crippen molar-refractivity contribution >= 4 is 18.3 Å². The minimum atomic E-state index is -0.228. The summed E-state index contributed by atoms with van der Waals surface area (Å²) in [7, 11) is 3.25. The van der Waals surface area contributed by atoms with E-state index in [9.17, 15) is 4.79 Å². The zero-order chi connectivity index (χ0) is 17.8. The van der Waals surface area contributed by atoms with Gasteiger partial charge in [-0.2, -0.15) is 0 Å². The maximum absolute atomic E-state index is 12.7. The standard InChI is InChI=1S/C20H24N2O3.ClH/c1-13(17-11-16(24-2)8-9-19(17)25-3)22-20(23)18-10-14-6-4-5-7-15(14)12-21-18;/h4-9,11,13,18,21H,10,12H2,1-3H3,(H,22,23);1H. The molecule has 1 aliphatic rings. The number of carbonyl (C=O) groups excluding carboxylic acids is 1. The minimum Gasteiger partial charge on any atom is -0.497 e. The second-order valence-electron chi connectivity index (χ2n) is 6.24. The topological polar surface area (TPSA) is 59.6 Å². The van der Waals surface area contributed by atoms with Gasteiger partial charge in [0.15, 0.2) is 0 Å². The number of hydrogen-bond donors (Lipinski definition) is 2. The lowest BCUT2D eigenvalue weighted by atomic mass is 9.95. The first-order valence-electron chi connectivity index (χ1n) is 8.45. The molecule has 1 heterocycles. The highest BCUT2D eigenvalue weighted by Crippen LogP contribution is 2.29. The number of ether oxygens (including phenoxy) is 2. The van der Waals surface area contributed by atoms with Crippen LogP contribution in [-0.4, -0.2) is 26.2 Å². The molecule has 140 valence electrons. The molecule has 0 aliphatic carbocycles. The second-order valence-corrected chi connectivity index (χ2v) is 6.24. The molecule has 5 nitrogen and oxygen atoms in total. The fourth-order valence-electron chi connectivity index (χ4n) is 3.21. The highest BCUT2D eigenvalue weighted by Gasteiger charge is 2.25. The monoisotopic (exact) mass is 376 g/mol. The van der Waals surface area contributed by atoms with Crippen LogP contribution in [0.2, 0.25) is 0 Å². The molecule has 0 bridgehead atoms. The molecule has 2 unspecified atom stereocenters. The van der Waals surface area contributed by atoms with Crippen molar-refractivity contribution in [1.82, 2.24) is 10.6 Å². The first-order chi connectivity index (χ1) is 12.1. The van der Waals surface area contributed by atoms with E-state index in [4.69, 9.17) is 9.47 Å². The summed E-state index contributed by atoms with van der Waals surface area (Å²) in [5.74, 6) is 1.46. The van der Waals surface area contributed by atoms with Crippen molar-refractivity contribution < 1.29 is 14.3 Å². The first kappa shape index (κ1) is 20.1. The zero-order valence-corrected chi connectivity index (χ0v) is 16.1. The maximum Gasteiger partial charge on any atom is 0.237 e. The van der Waals surface area contributed by atoms with Gasteiger partial charge < -0.3 is 20.1 Å². The Hall–Kier alpha value is -2.24. The quantitative estimate of drug-likeness (QED) is 0.842. The van der Waals surface area contributed by atoms with Crippen molar-refractivity contribution in [2.24, 2.45) is 0 Å². The molecule has 0 spiro atoms. The predicted octanol–water partition coefficient (Wildman–Crippen LogP) is 3.02. The highest BCUT2D eigenvalue weighted by molar-refractivity contribution is 5.85. The molecule has 1 amide bonds. The summed E-state index contributed by atoms with van der Waals surface area (Å²) in [5.41, 5.74) is 3.38. The van der Waals surface area contributed by atoms with Crippen molar-refractivity contribution in [2.45, 2.75) is 32.0 Å². The molecule has 0 fully saturated rings. The van der Waals surface area contributed by atoms with E-state index in [1.807, 2.05) is 37.3 Å². The molecular formula is C20H25ClN2O3. The van der Waals surface area contributed by atoms with Gasteiger partial charge in [-0.3, -0.25) is 4.79 Å². The number of nitrogens with one attached hydrogen (secondary N) is 2. The van der Waals surface area contributed by atoms with Crippen LogP contribution >= 0.6 is 12.4 Å². The van der Waals surface area contributed by atoms with Crippen LogP contribution in [-0.2, 0) is 17.8 Å². The number of hydrogen-bond acceptors (Lipinski definition) is 4. The molecular weight excluding hydrogens is 352 g/mol.